The predicted molar refractivity (Wildman–Crippen MR) is 144 cm³/mol. The van der Waals surface area contributed by atoms with Crippen LogP contribution in [-0.4, -0.2) is 23.0 Å². The highest BCUT2D eigenvalue weighted by molar-refractivity contribution is 9.10. The van der Waals surface area contributed by atoms with Crippen LogP contribution in [-0.2, 0) is 12.0 Å². The minimum absolute atomic E-state index is 0.234. The van der Waals surface area contributed by atoms with Crippen LogP contribution in [0.15, 0.2) is 75.0 Å². The fourth-order valence-corrected chi connectivity index (χ4v) is 4.13. The highest BCUT2D eigenvalue weighted by Gasteiger charge is 2.23. The monoisotopic (exact) mass is 533 g/mol. The molecule has 0 radical (unpaired) electrons. The summed E-state index contributed by atoms with van der Waals surface area (Å²) in [6.07, 6.45) is 1.62. The topological polar surface area (TPSA) is 65.7 Å². The summed E-state index contributed by atoms with van der Waals surface area (Å²) in [6.45, 7) is 8.45. The highest BCUT2D eigenvalue weighted by atomic mass is 79.9. The molecule has 1 heterocycles. The lowest BCUT2D eigenvalue weighted by atomic mass is 9.95. The van der Waals surface area contributed by atoms with Gasteiger partial charge in [-0.05, 0) is 42.8 Å². The molecule has 0 saturated heterocycles. The summed E-state index contributed by atoms with van der Waals surface area (Å²) in [7, 11) is 1.60. The number of halogens is 1. The van der Waals surface area contributed by atoms with Gasteiger partial charge in [-0.1, -0.05) is 72.6 Å². The van der Waals surface area contributed by atoms with E-state index >= 15 is 0 Å². The third-order valence-electron chi connectivity index (χ3n) is 5.49. The van der Waals surface area contributed by atoms with Crippen molar-refractivity contribution in [1.82, 2.24) is 9.66 Å². The maximum atomic E-state index is 13.5. The molecule has 0 unspecified atom stereocenters. The van der Waals surface area contributed by atoms with Crippen LogP contribution >= 0.6 is 15.9 Å². The molecule has 0 fully saturated rings. The van der Waals surface area contributed by atoms with Crippen LogP contribution in [0.2, 0.25) is 0 Å². The molecule has 35 heavy (non-hydrogen) atoms. The molecule has 6 nitrogen and oxygen atoms in total. The first-order valence-electron chi connectivity index (χ1n) is 11.3. The van der Waals surface area contributed by atoms with Gasteiger partial charge in [0.2, 0.25) is 0 Å². The lowest BCUT2D eigenvalue weighted by molar-refractivity contribution is 0.284. The maximum absolute atomic E-state index is 13.5. The van der Waals surface area contributed by atoms with Crippen molar-refractivity contribution in [3.05, 3.63) is 98.0 Å². The molecule has 1 aromatic heterocycles. The summed E-state index contributed by atoms with van der Waals surface area (Å²) < 4.78 is 13.9. The van der Waals surface area contributed by atoms with Crippen LogP contribution in [0.5, 0.6) is 11.5 Å². The number of fused-ring (bicyclic) bond motifs is 1. The summed E-state index contributed by atoms with van der Waals surface area (Å²) in [5, 5.41) is 5.08. The molecule has 0 aliphatic rings. The molecule has 0 aliphatic carbocycles. The molecular weight excluding hydrogens is 506 g/mol. The van der Waals surface area contributed by atoms with Crippen molar-refractivity contribution in [2.45, 2.75) is 39.7 Å². The number of nitrogens with zero attached hydrogens (tertiary/aromatic N) is 3. The Morgan fingerprint density at radius 2 is 1.86 bits per heavy atom. The van der Waals surface area contributed by atoms with E-state index in [0.717, 1.165) is 15.6 Å². The third-order valence-corrected chi connectivity index (χ3v) is 5.98. The van der Waals surface area contributed by atoms with Crippen LogP contribution in [0.1, 0.15) is 43.3 Å². The zero-order valence-electron chi connectivity index (χ0n) is 20.5. The summed E-state index contributed by atoms with van der Waals surface area (Å²) in [4.78, 5) is 18.2. The van der Waals surface area contributed by atoms with Gasteiger partial charge in [0.25, 0.3) is 5.56 Å². The molecule has 180 valence electrons. The van der Waals surface area contributed by atoms with Crippen molar-refractivity contribution in [1.29, 1.82) is 0 Å². The molecule has 4 rings (SSSR count). The fourth-order valence-electron chi connectivity index (χ4n) is 3.77. The quantitative estimate of drug-likeness (QED) is 0.275. The minimum atomic E-state index is -0.406. The zero-order valence-corrected chi connectivity index (χ0v) is 22.1. The second-order valence-electron chi connectivity index (χ2n) is 9.36. The van der Waals surface area contributed by atoms with E-state index in [-0.39, 0.29) is 5.56 Å². The number of ether oxygens (including phenoxy) is 2. The van der Waals surface area contributed by atoms with Crippen molar-refractivity contribution >= 4 is 33.0 Å². The van der Waals surface area contributed by atoms with Gasteiger partial charge in [0.1, 0.15) is 12.4 Å². The van der Waals surface area contributed by atoms with E-state index in [4.69, 9.17) is 14.5 Å². The van der Waals surface area contributed by atoms with Crippen LogP contribution in [0.4, 0.5) is 0 Å². The Morgan fingerprint density at radius 1 is 1.09 bits per heavy atom. The molecule has 0 amide bonds. The van der Waals surface area contributed by atoms with Crippen molar-refractivity contribution in [3.8, 4) is 11.5 Å². The number of aryl methyl sites for hydroxylation is 1. The smallest absolute Gasteiger partial charge is 0.282 e. The first kappa shape index (κ1) is 24.7. The number of para-hydroxylation sites is 1. The lowest BCUT2D eigenvalue weighted by Crippen LogP contribution is -2.29. The Bertz CT molecular complexity index is 1470. The Labute approximate surface area is 213 Å². The third kappa shape index (κ3) is 5.46. The van der Waals surface area contributed by atoms with E-state index in [1.165, 1.54) is 4.68 Å². The second-order valence-corrected chi connectivity index (χ2v) is 10.3. The van der Waals surface area contributed by atoms with Gasteiger partial charge < -0.3 is 9.47 Å². The number of methoxy groups -OCH3 is 1. The Balaban J connectivity index is 1.79. The second kappa shape index (κ2) is 10.0. The van der Waals surface area contributed by atoms with Crippen LogP contribution in [0.25, 0.3) is 10.9 Å². The Hall–Kier alpha value is -3.45. The van der Waals surface area contributed by atoms with Crippen LogP contribution in [0.3, 0.4) is 0 Å². The van der Waals surface area contributed by atoms with Crippen molar-refractivity contribution in [3.63, 3.8) is 0 Å². The van der Waals surface area contributed by atoms with E-state index < -0.39 is 5.41 Å². The SMILES string of the molecule is COc1cccc(C=Nn2c(C(C)(C)C)nc3ccc(Br)cc3c2=O)c1OCc1cccc(C)c1. The summed E-state index contributed by atoms with van der Waals surface area (Å²) in [5.74, 6) is 1.71. The van der Waals surface area contributed by atoms with Gasteiger partial charge >= 0.3 is 0 Å². The van der Waals surface area contributed by atoms with Crippen molar-refractivity contribution in [2.24, 2.45) is 5.10 Å². The largest absolute Gasteiger partial charge is 0.493 e. The number of hydrogen-bond acceptors (Lipinski definition) is 5. The van der Waals surface area contributed by atoms with Gasteiger partial charge in [-0.3, -0.25) is 4.79 Å². The number of rotatable bonds is 6. The first-order chi connectivity index (χ1) is 16.7. The van der Waals surface area contributed by atoms with E-state index in [1.54, 1.807) is 19.4 Å². The van der Waals surface area contributed by atoms with E-state index in [9.17, 15) is 4.79 Å². The van der Waals surface area contributed by atoms with Crippen molar-refractivity contribution in [2.75, 3.05) is 7.11 Å². The molecule has 0 atom stereocenters. The Kier molecular flexibility index (Phi) is 7.08. The van der Waals surface area contributed by atoms with Crippen LogP contribution < -0.4 is 15.0 Å². The van der Waals surface area contributed by atoms with E-state index in [2.05, 4.69) is 27.1 Å². The zero-order chi connectivity index (χ0) is 25.2. The van der Waals surface area contributed by atoms with Crippen LogP contribution in [0, 0.1) is 6.92 Å². The van der Waals surface area contributed by atoms with Gasteiger partial charge in [-0.25, -0.2) is 4.98 Å². The standard InChI is InChI=1S/C28H28BrN3O3/c1-18-8-6-9-19(14-18)17-35-25-20(10-7-11-24(25)34-5)16-30-32-26(33)22-15-21(29)12-13-23(22)31-27(32)28(2,3)4/h6-16H,17H2,1-5H3. The molecule has 0 aliphatic heterocycles. The molecule has 0 spiro atoms. The highest BCUT2D eigenvalue weighted by Crippen LogP contribution is 2.31. The van der Waals surface area contributed by atoms with Gasteiger partial charge in [-0.15, -0.1) is 0 Å². The summed E-state index contributed by atoms with van der Waals surface area (Å²) in [5.41, 5.74) is 2.90. The summed E-state index contributed by atoms with van der Waals surface area (Å²) in [6, 6.07) is 19.2. The average molecular weight is 534 g/mol. The minimum Gasteiger partial charge on any atom is -0.493 e. The van der Waals surface area contributed by atoms with Gasteiger partial charge in [0.05, 0.1) is 24.2 Å². The number of aromatic nitrogens is 2. The van der Waals surface area contributed by atoms with Gasteiger partial charge in [0.15, 0.2) is 11.5 Å². The van der Waals surface area contributed by atoms with Gasteiger partial charge in [-0.2, -0.15) is 9.78 Å². The Morgan fingerprint density at radius 3 is 2.57 bits per heavy atom. The first-order valence-corrected chi connectivity index (χ1v) is 12.1. The molecule has 3 aromatic carbocycles. The normalized spacial score (nSPS) is 11.8. The van der Waals surface area contributed by atoms with E-state index in [0.29, 0.717) is 40.4 Å². The predicted octanol–water partition coefficient (Wildman–Crippen LogP) is 6.23. The van der Waals surface area contributed by atoms with Gasteiger partial charge in [0, 0.05) is 15.5 Å². The number of hydrogen-bond donors (Lipinski definition) is 0. The molecule has 4 aromatic rings. The molecule has 0 N–H and O–H groups in total. The average Bonchev–Trinajstić information content (AvgIpc) is 2.82. The molecular formula is C28H28BrN3O3. The lowest BCUT2D eigenvalue weighted by Gasteiger charge is -2.21. The molecule has 7 heteroatoms. The maximum Gasteiger partial charge on any atom is 0.282 e. The number of benzene rings is 3. The van der Waals surface area contributed by atoms with E-state index in [1.807, 2.05) is 76.2 Å². The fraction of sp³-hybridized carbons (Fsp3) is 0.250. The van der Waals surface area contributed by atoms with Crippen molar-refractivity contribution < 1.29 is 9.47 Å². The molecule has 0 saturated carbocycles. The summed E-state index contributed by atoms with van der Waals surface area (Å²) >= 11 is 3.45. The molecule has 0 bridgehead atoms.